The molecule has 0 atom stereocenters. The Morgan fingerprint density at radius 2 is 1.77 bits per heavy atom. The van der Waals surface area contributed by atoms with Crippen molar-refractivity contribution in [1.29, 1.82) is 0 Å². The molecule has 0 aromatic heterocycles. The van der Waals surface area contributed by atoms with Gasteiger partial charge >= 0.3 is 0 Å². The van der Waals surface area contributed by atoms with Crippen LogP contribution in [0.1, 0.15) is 10.4 Å². The Bertz CT molecular complexity index is 760. The van der Waals surface area contributed by atoms with Crippen LogP contribution in [0.4, 0.5) is 0 Å². The maximum absolute atomic E-state index is 12.8. The molecule has 26 heavy (non-hydrogen) atoms. The van der Waals surface area contributed by atoms with Crippen molar-refractivity contribution in [1.82, 2.24) is 19.6 Å². The standard InChI is InChI=1S/C16H23ClN4O4S/c1-19-4-6-20(7-5-19)18-16(22)13-2-3-14(17)15(12-13)26(23,24)21-8-10-25-11-9-21/h2-3,12H,4-11H2,1H3,(H,18,22). The summed E-state index contributed by atoms with van der Waals surface area (Å²) in [5.41, 5.74) is 3.09. The molecule has 0 saturated carbocycles. The number of nitrogens with zero attached hydrogens (tertiary/aromatic N) is 3. The number of morpholine rings is 1. The van der Waals surface area contributed by atoms with Crippen molar-refractivity contribution >= 4 is 27.5 Å². The van der Waals surface area contributed by atoms with Gasteiger partial charge < -0.3 is 9.64 Å². The highest BCUT2D eigenvalue weighted by Crippen LogP contribution is 2.26. The van der Waals surface area contributed by atoms with Crippen molar-refractivity contribution in [2.75, 3.05) is 59.5 Å². The second kappa shape index (κ2) is 8.20. The number of likely N-dealkylation sites (N-methyl/N-ethyl adjacent to an activating group) is 1. The number of carbonyl (C=O) groups is 1. The third-order valence-electron chi connectivity index (χ3n) is 4.54. The lowest BCUT2D eigenvalue weighted by atomic mass is 10.2. The van der Waals surface area contributed by atoms with Gasteiger partial charge in [0, 0.05) is 44.8 Å². The number of hydrogen-bond donors (Lipinski definition) is 1. The number of hydrogen-bond acceptors (Lipinski definition) is 6. The Morgan fingerprint density at radius 3 is 2.42 bits per heavy atom. The summed E-state index contributed by atoms with van der Waals surface area (Å²) in [4.78, 5) is 14.7. The highest BCUT2D eigenvalue weighted by molar-refractivity contribution is 7.89. The lowest BCUT2D eigenvalue weighted by molar-refractivity contribution is 0.0662. The van der Waals surface area contributed by atoms with Crippen molar-refractivity contribution in [3.63, 3.8) is 0 Å². The summed E-state index contributed by atoms with van der Waals surface area (Å²) in [5.74, 6) is -0.343. The highest BCUT2D eigenvalue weighted by Gasteiger charge is 2.29. The van der Waals surface area contributed by atoms with Gasteiger partial charge in [-0.2, -0.15) is 4.31 Å². The molecule has 2 saturated heterocycles. The van der Waals surface area contributed by atoms with Gasteiger partial charge in [-0.25, -0.2) is 13.4 Å². The number of hydrazine groups is 1. The number of amides is 1. The summed E-state index contributed by atoms with van der Waals surface area (Å²) < 4.78 is 32.2. The molecule has 0 bridgehead atoms. The Hall–Kier alpha value is -1.23. The molecule has 2 fully saturated rings. The molecule has 10 heteroatoms. The first-order valence-corrected chi connectivity index (χ1v) is 10.3. The predicted molar refractivity (Wildman–Crippen MR) is 97.6 cm³/mol. The van der Waals surface area contributed by atoms with Crippen LogP contribution >= 0.6 is 11.6 Å². The topological polar surface area (TPSA) is 82.2 Å². The zero-order chi connectivity index (χ0) is 18.7. The van der Waals surface area contributed by atoms with E-state index in [1.807, 2.05) is 12.1 Å². The molecule has 1 aromatic carbocycles. The van der Waals surface area contributed by atoms with Gasteiger partial charge in [0.2, 0.25) is 10.0 Å². The van der Waals surface area contributed by atoms with E-state index >= 15 is 0 Å². The maximum Gasteiger partial charge on any atom is 0.265 e. The SMILES string of the molecule is CN1CCN(NC(=O)c2ccc(Cl)c(S(=O)(=O)N3CCOCC3)c2)CC1. The van der Waals surface area contributed by atoms with Gasteiger partial charge in [0.1, 0.15) is 4.90 Å². The third kappa shape index (κ3) is 4.36. The van der Waals surface area contributed by atoms with Crippen molar-refractivity contribution in [3.8, 4) is 0 Å². The number of nitrogens with one attached hydrogen (secondary N) is 1. The number of benzene rings is 1. The first kappa shape index (κ1) is 19.5. The first-order chi connectivity index (χ1) is 12.4. The second-order valence-corrected chi connectivity index (χ2v) is 8.71. The van der Waals surface area contributed by atoms with Crippen LogP contribution in [0.2, 0.25) is 5.02 Å². The quantitative estimate of drug-likeness (QED) is 0.777. The normalized spacial score (nSPS) is 20.8. The third-order valence-corrected chi connectivity index (χ3v) is 6.92. The number of piperazine rings is 1. The molecule has 0 unspecified atom stereocenters. The lowest BCUT2D eigenvalue weighted by Crippen LogP contribution is -2.52. The Labute approximate surface area is 158 Å². The zero-order valence-electron chi connectivity index (χ0n) is 14.6. The number of ether oxygens (including phenoxy) is 1. The van der Waals surface area contributed by atoms with Crippen LogP contribution < -0.4 is 5.43 Å². The van der Waals surface area contributed by atoms with Crippen LogP contribution in [0.3, 0.4) is 0 Å². The summed E-state index contributed by atoms with van der Waals surface area (Å²) in [6, 6.07) is 4.33. The summed E-state index contributed by atoms with van der Waals surface area (Å²) in [5, 5.41) is 1.94. The molecule has 1 amide bonds. The van der Waals surface area contributed by atoms with E-state index in [1.54, 1.807) is 0 Å². The van der Waals surface area contributed by atoms with Crippen molar-refractivity contribution in [2.45, 2.75) is 4.90 Å². The smallest absolute Gasteiger partial charge is 0.265 e. The van der Waals surface area contributed by atoms with Gasteiger partial charge in [-0.15, -0.1) is 0 Å². The summed E-state index contributed by atoms with van der Waals surface area (Å²) >= 11 is 6.13. The average Bonchev–Trinajstić information content (AvgIpc) is 2.64. The molecule has 1 aromatic rings. The predicted octanol–water partition coefficient (Wildman–Crippen LogP) is 0.253. The van der Waals surface area contributed by atoms with Crippen LogP contribution in [0, 0.1) is 0 Å². The monoisotopic (exact) mass is 402 g/mol. The van der Waals surface area contributed by atoms with E-state index in [0.29, 0.717) is 13.2 Å². The Balaban J connectivity index is 1.77. The van der Waals surface area contributed by atoms with Gasteiger partial charge in [0.05, 0.1) is 18.2 Å². The Kier molecular flexibility index (Phi) is 6.16. The minimum atomic E-state index is -3.77. The largest absolute Gasteiger partial charge is 0.379 e. The molecule has 0 aliphatic carbocycles. The fourth-order valence-corrected chi connectivity index (χ4v) is 4.80. The molecule has 2 aliphatic rings. The van der Waals surface area contributed by atoms with Crippen molar-refractivity contribution in [3.05, 3.63) is 28.8 Å². The van der Waals surface area contributed by atoms with Crippen LogP contribution in [-0.2, 0) is 14.8 Å². The fraction of sp³-hybridized carbons (Fsp3) is 0.562. The summed E-state index contributed by atoms with van der Waals surface area (Å²) in [6.07, 6.45) is 0. The minimum absolute atomic E-state index is 0.0490. The number of halogens is 1. The molecule has 2 aliphatic heterocycles. The fourth-order valence-electron chi connectivity index (χ4n) is 2.89. The van der Waals surface area contributed by atoms with Gasteiger partial charge in [-0.05, 0) is 25.2 Å². The van der Waals surface area contributed by atoms with E-state index in [4.69, 9.17) is 16.3 Å². The highest BCUT2D eigenvalue weighted by atomic mass is 35.5. The van der Waals surface area contributed by atoms with Gasteiger partial charge in [0.15, 0.2) is 0 Å². The summed E-state index contributed by atoms with van der Waals surface area (Å²) in [7, 11) is -1.74. The molecule has 0 radical (unpaired) electrons. The number of rotatable bonds is 4. The molecule has 8 nitrogen and oxygen atoms in total. The van der Waals surface area contributed by atoms with E-state index in [0.717, 1.165) is 26.2 Å². The maximum atomic E-state index is 12.8. The van der Waals surface area contributed by atoms with E-state index in [1.165, 1.54) is 22.5 Å². The van der Waals surface area contributed by atoms with Crippen LogP contribution in [0.5, 0.6) is 0 Å². The average molecular weight is 403 g/mol. The number of sulfonamides is 1. The second-order valence-electron chi connectivity index (χ2n) is 6.39. The first-order valence-electron chi connectivity index (χ1n) is 8.50. The molecule has 1 N–H and O–H groups in total. The minimum Gasteiger partial charge on any atom is -0.379 e. The van der Waals surface area contributed by atoms with Crippen molar-refractivity contribution < 1.29 is 17.9 Å². The van der Waals surface area contributed by atoms with E-state index in [9.17, 15) is 13.2 Å². The molecule has 2 heterocycles. The molecular weight excluding hydrogens is 380 g/mol. The van der Waals surface area contributed by atoms with Gasteiger partial charge in [-0.3, -0.25) is 10.2 Å². The van der Waals surface area contributed by atoms with Crippen molar-refractivity contribution in [2.24, 2.45) is 0 Å². The summed E-state index contributed by atoms with van der Waals surface area (Å²) in [6.45, 7) is 4.40. The lowest BCUT2D eigenvalue weighted by Gasteiger charge is -2.32. The molecule has 144 valence electrons. The number of carbonyl (C=O) groups excluding carboxylic acids is 1. The van der Waals surface area contributed by atoms with Crippen LogP contribution in [-0.4, -0.2) is 88.1 Å². The Morgan fingerprint density at radius 1 is 1.12 bits per heavy atom. The molecule has 3 rings (SSSR count). The molecular formula is C16H23ClN4O4S. The van der Waals surface area contributed by atoms with Gasteiger partial charge in [-0.1, -0.05) is 11.6 Å². The van der Waals surface area contributed by atoms with Crippen LogP contribution in [0.25, 0.3) is 0 Å². The van der Waals surface area contributed by atoms with E-state index in [-0.39, 0.29) is 34.5 Å². The van der Waals surface area contributed by atoms with E-state index in [2.05, 4.69) is 10.3 Å². The van der Waals surface area contributed by atoms with Gasteiger partial charge in [0.25, 0.3) is 5.91 Å². The molecule has 0 spiro atoms. The zero-order valence-corrected chi connectivity index (χ0v) is 16.2. The van der Waals surface area contributed by atoms with E-state index < -0.39 is 10.0 Å². The van der Waals surface area contributed by atoms with Crippen LogP contribution in [0.15, 0.2) is 23.1 Å².